The Balaban J connectivity index is 1.58. The highest BCUT2D eigenvalue weighted by Gasteiger charge is 2.18. The molecule has 0 saturated carbocycles. The molecule has 33 heavy (non-hydrogen) atoms. The van der Waals surface area contributed by atoms with Crippen molar-refractivity contribution in [3.8, 4) is 0 Å². The maximum Gasteiger partial charge on any atom is 0.262 e. The Bertz CT molecular complexity index is 1340. The van der Waals surface area contributed by atoms with Crippen LogP contribution in [0.2, 0.25) is 0 Å². The first kappa shape index (κ1) is 23.4. The summed E-state index contributed by atoms with van der Waals surface area (Å²) in [4.78, 5) is 30.6. The highest BCUT2D eigenvalue weighted by molar-refractivity contribution is 9.10. The molecule has 0 spiro atoms. The molecule has 0 aliphatic heterocycles. The molecule has 0 bridgehead atoms. The second-order valence-corrected chi connectivity index (χ2v) is 9.68. The highest BCUT2D eigenvalue weighted by atomic mass is 79.9. The van der Waals surface area contributed by atoms with Gasteiger partial charge in [-0.1, -0.05) is 58.0 Å². The average molecular weight is 525 g/mol. The zero-order valence-electron chi connectivity index (χ0n) is 18.0. The fourth-order valence-corrected chi connectivity index (χ4v) is 5.03. The molecule has 0 N–H and O–H groups in total. The molecule has 0 aliphatic rings. The van der Waals surface area contributed by atoms with E-state index >= 15 is 0 Å². The number of Topliss-reactive ketones (excluding diaryl/α,β-unsaturated/α-hetero) is 1. The van der Waals surface area contributed by atoms with Gasteiger partial charge in [0.25, 0.3) is 5.56 Å². The summed E-state index contributed by atoms with van der Waals surface area (Å²) in [5, 5.41) is 1.18. The quantitative estimate of drug-likeness (QED) is 0.112. The van der Waals surface area contributed by atoms with E-state index in [-0.39, 0.29) is 23.2 Å². The van der Waals surface area contributed by atoms with Gasteiger partial charge in [0, 0.05) is 22.2 Å². The fraction of sp³-hybridized carbons (Fsp3) is 0.192. The zero-order valence-corrected chi connectivity index (χ0v) is 20.4. The number of nitrogens with zero attached hydrogens (tertiary/aromatic N) is 2. The largest absolute Gasteiger partial charge is 0.294 e. The third-order valence-corrected chi connectivity index (χ3v) is 6.98. The SMILES string of the molecule is C[C@H](c1ccccc1)n1c(SCCCC(=O)c2ccc(F)cc2)nc2ccc(Br)cc2c1=O. The smallest absolute Gasteiger partial charge is 0.262 e. The lowest BCUT2D eigenvalue weighted by Gasteiger charge is -2.20. The Labute approximate surface area is 204 Å². The van der Waals surface area contributed by atoms with Gasteiger partial charge in [-0.2, -0.15) is 0 Å². The van der Waals surface area contributed by atoms with Crippen LogP contribution in [-0.4, -0.2) is 21.1 Å². The van der Waals surface area contributed by atoms with Crippen molar-refractivity contribution in [3.63, 3.8) is 0 Å². The number of rotatable bonds is 8. The van der Waals surface area contributed by atoms with Gasteiger partial charge in [0.15, 0.2) is 10.9 Å². The van der Waals surface area contributed by atoms with Crippen LogP contribution in [0.5, 0.6) is 0 Å². The summed E-state index contributed by atoms with van der Waals surface area (Å²) in [6.07, 6.45) is 0.965. The predicted molar refractivity (Wildman–Crippen MR) is 135 cm³/mol. The van der Waals surface area contributed by atoms with E-state index in [0.29, 0.717) is 40.2 Å². The molecule has 0 fully saturated rings. The van der Waals surface area contributed by atoms with Crippen LogP contribution < -0.4 is 5.56 Å². The van der Waals surface area contributed by atoms with Gasteiger partial charge in [-0.3, -0.25) is 14.2 Å². The average Bonchev–Trinajstić information content (AvgIpc) is 2.83. The van der Waals surface area contributed by atoms with Crippen LogP contribution in [-0.2, 0) is 0 Å². The third-order valence-electron chi connectivity index (χ3n) is 5.44. The molecule has 0 radical (unpaired) electrons. The van der Waals surface area contributed by atoms with E-state index in [2.05, 4.69) is 15.9 Å². The van der Waals surface area contributed by atoms with E-state index in [0.717, 1.165) is 10.0 Å². The summed E-state index contributed by atoms with van der Waals surface area (Å²) in [5.41, 5.74) is 2.07. The summed E-state index contributed by atoms with van der Waals surface area (Å²) in [5.74, 6) is 0.243. The van der Waals surface area contributed by atoms with Gasteiger partial charge in [0.1, 0.15) is 5.82 Å². The van der Waals surface area contributed by atoms with Crippen molar-refractivity contribution in [2.45, 2.75) is 31.0 Å². The fourth-order valence-electron chi connectivity index (χ4n) is 3.65. The van der Waals surface area contributed by atoms with E-state index in [1.807, 2.05) is 49.4 Å². The van der Waals surface area contributed by atoms with Crippen LogP contribution in [0, 0.1) is 5.82 Å². The molecule has 0 aliphatic carbocycles. The minimum absolute atomic E-state index is 0.0260. The number of carbonyl (C=O) groups is 1. The topological polar surface area (TPSA) is 52.0 Å². The molecule has 0 unspecified atom stereocenters. The lowest BCUT2D eigenvalue weighted by atomic mass is 10.1. The van der Waals surface area contributed by atoms with Crippen molar-refractivity contribution in [2.75, 3.05) is 5.75 Å². The molecular weight excluding hydrogens is 503 g/mol. The number of ketones is 1. The van der Waals surface area contributed by atoms with Crippen molar-refractivity contribution < 1.29 is 9.18 Å². The molecule has 4 rings (SSSR count). The summed E-state index contributed by atoms with van der Waals surface area (Å²) in [7, 11) is 0. The van der Waals surface area contributed by atoms with E-state index in [1.165, 1.54) is 36.0 Å². The second-order valence-electron chi connectivity index (χ2n) is 7.70. The zero-order chi connectivity index (χ0) is 23.4. The van der Waals surface area contributed by atoms with E-state index < -0.39 is 0 Å². The van der Waals surface area contributed by atoms with Crippen LogP contribution >= 0.6 is 27.7 Å². The monoisotopic (exact) mass is 524 g/mol. The number of thioether (sulfide) groups is 1. The van der Waals surface area contributed by atoms with Crippen molar-refractivity contribution >= 4 is 44.4 Å². The molecule has 0 amide bonds. The van der Waals surface area contributed by atoms with E-state index in [4.69, 9.17) is 4.98 Å². The molecule has 1 aromatic heterocycles. The van der Waals surface area contributed by atoms with Crippen LogP contribution in [0.1, 0.15) is 41.7 Å². The van der Waals surface area contributed by atoms with Gasteiger partial charge in [-0.05, 0) is 61.4 Å². The van der Waals surface area contributed by atoms with Gasteiger partial charge in [-0.15, -0.1) is 0 Å². The minimum atomic E-state index is -0.359. The van der Waals surface area contributed by atoms with Gasteiger partial charge in [0.05, 0.1) is 16.9 Å². The number of aromatic nitrogens is 2. The molecule has 4 aromatic rings. The maximum absolute atomic E-state index is 13.5. The Morgan fingerprint density at radius 3 is 2.55 bits per heavy atom. The van der Waals surface area contributed by atoms with Gasteiger partial charge >= 0.3 is 0 Å². The van der Waals surface area contributed by atoms with Crippen LogP contribution in [0.15, 0.2) is 87.2 Å². The van der Waals surface area contributed by atoms with Crippen molar-refractivity contribution in [2.24, 2.45) is 0 Å². The highest BCUT2D eigenvalue weighted by Crippen LogP contribution is 2.26. The summed E-state index contributed by atoms with van der Waals surface area (Å²) in [6, 6.07) is 20.8. The lowest BCUT2D eigenvalue weighted by Crippen LogP contribution is -2.27. The number of halogens is 2. The van der Waals surface area contributed by atoms with Crippen LogP contribution in [0.3, 0.4) is 0 Å². The predicted octanol–water partition coefficient (Wildman–Crippen LogP) is 6.66. The van der Waals surface area contributed by atoms with E-state index in [9.17, 15) is 14.0 Å². The van der Waals surface area contributed by atoms with Crippen LogP contribution in [0.4, 0.5) is 4.39 Å². The first-order chi connectivity index (χ1) is 15.9. The molecule has 4 nitrogen and oxygen atoms in total. The summed E-state index contributed by atoms with van der Waals surface area (Å²) >= 11 is 4.92. The van der Waals surface area contributed by atoms with Crippen molar-refractivity contribution in [3.05, 3.63) is 105 Å². The normalized spacial score (nSPS) is 12.1. The number of carbonyl (C=O) groups excluding carboxylic acids is 1. The summed E-state index contributed by atoms with van der Waals surface area (Å²) < 4.78 is 15.6. The van der Waals surface area contributed by atoms with Gasteiger partial charge in [0.2, 0.25) is 0 Å². The third kappa shape index (κ3) is 5.42. The summed E-state index contributed by atoms with van der Waals surface area (Å²) in [6.45, 7) is 1.99. The van der Waals surface area contributed by atoms with Crippen molar-refractivity contribution in [1.29, 1.82) is 0 Å². The Morgan fingerprint density at radius 2 is 1.82 bits per heavy atom. The van der Waals surface area contributed by atoms with E-state index in [1.54, 1.807) is 10.6 Å². The number of hydrogen-bond donors (Lipinski definition) is 0. The molecule has 168 valence electrons. The molecular formula is C26H22BrFN2O2S. The standard InChI is InChI=1S/C26H22BrFN2O2S/c1-17(18-6-3-2-4-7-18)30-25(32)22-16-20(27)11-14-23(22)29-26(30)33-15-5-8-24(31)19-9-12-21(28)13-10-19/h2-4,6-7,9-14,16-17H,5,8,15H2,1H3/t17-/m1/s1. The maximum atomic E-state index is 13.5. The first-order valence-corrected chi connectivity index (χ1v) is 12.4. The van der Waals surface area contributed by atoms with Crippen molar-refractivity contribution in [1.82, 2.24) is 9.55 Å². The Kier molecular flexibility index (Phi) is 7.40. The molecule has 1 atom stereocenters. The second kappa shape index (κ2) is 10.4. The van der Waals surface area contributed by atoms with Gasteiger partial charge < -0.3 is 0 Å². The lowest BCUT2D eigenvalue weighted by molar-refractivity contribution is 0.0982. The molecule has 0 saturated heterocycles. The molecule has 1 heterocycles. The molecule has 7 heteroatoms. The first-order valence-electron chi connectivity index (χ1n) is 10.6. The number of fused-ring (bicyclic) bond motifs is 1. The number of benzene rings is 3. The van der Waals surface area contributed by atoms with Gasteiger partial charge in [-0.25, -0.2) is 9.37 Å². The minimum Gasteiger partial charge on any atom is -0.294 e. The van der Waals surface area contributed by atoms with Crippen LogP contribution in [0.25, 0.3) is 10.9 Å². The Hall–Kier alpha value is -2.77. The molecule has 3 aromatic carbocycles. The Morgan fingerprint density at radius 1 is 1.09 bits per heavy atom. The number of hydrogen-bond acceptors (Lipinski definition) is 4.